The highest BCUT2D eigenvalue weighted by Crippen LogP contribution is 2.38. The summed E-state index contributed by atoms with van der Waals surface area (Å²) in [4.78, 5) is 12.9. The van der Waals surface area contributed by atoms with Gasteiger partial charge in [-0.25, -0.2) is 8.42 Å². The van der Waals surface area contributed by atoms with Gasteiger partial charge in [-0.2, -0.15) is 5.26 Å². The van der Waals surface area contributed by atoms with Crippen LogP contribution in [0.2, 0.25) is 5.02 Å². The summed E-state index contributed by atoms with van der Waals surface area (Å²) in [7, 11) is -3.95. The highest BCUT2D eigenvalue weighted by Gasteiger charge is 2.32. The maximum atomic E-state index is 12.9. The minimum absolute atomic E-state index is 0.00424. The van der Waals surface area contributed by atoms with Crippen molar-refractivity contribution < 1.29 is 13.2 Å². The minimum Gasteiger partial charge on any atom is -0.334 e. The molecule has 0 aromatic heterocycles. The van der Waals surface area contributed by atoms with Crippen molar-refractivity contribution in [3.05, 3.63) is 63.1 Å². The van der Waals surface area contributed by atoms with Gasteiger partial charge in [-0.1, -0.05) is 17.7 Å². The van der Waals surface area contributed by atoms with Crippen LogP contribution in [-0.4, -0.2) is 31.4 Å². The van der Waals surface area contributed by atoms with E-state index >= 15 is 0 Å². The Bertz CT molecular complexity index is 955. The van der Waals surface area contributed by atoms with Gasteiger partial charge in [0.2, 0.25) is 9.84 Å². The lowest BCUT2D eigenvalue weighted by Gasteiger charge is -2.22. The number of carbonyl (C=O) groups is 1. The van der Waals surface area contributed by atoms with Crippen LogP contribution in [0.25, 0.3) is 0 Å². The second-order valence-electron chi connectivity index (χ2n) is 5.34. The predicted octanol–water partition coefficient (Wildman–Crippen LogP) is 3.27. The summed E-state index contributed by atoms with van der Waals surface area (Å²) in [6, 6.07) is 7.58. The third kappa shape index (κ3) is 3.52. The van der Waals surface area contributed by atoms with E-state index in [0.29, 0.717) is 22.3 Å². The van der Waals surface area contributed by atoms with E-state index in [4.69, 9.17) is 11.6 Å². The topological polar surface area (TPSA) is 78.2 Å². The Labute approximate surface area is 155 Å². The average Bonchev–Trinajstić information content (AvgIpc) is 3.05. The standard InChI is InChI=1S/C17H13ClN2O3S2/c18-12-1-7-15(8-2-12)25(22,23)16(11-19)17-20(9-10-24-17)13-3-5-14(21)6-4-13/h1-5,7-8H,6,9-10H2. The SMILES string of the molecule is N#CC(=C1SCCN1C1=CCC(=O)C=C1)S(=O)(=O)c1ccc(Cl)cc1. The Balaban J connectivity index is 2.06. The van der Waals surface area contributed by atoms with Gasteiger partial charge in [-0.3, -0.25) is 4.79 Å². The first-order chi connectivity index (χ1) is 11.9. The molecule has 1 aliphatic carbocycles. The summed E-state index contributed by atoms with van der Waals surface area (Å²) < 4.78 is 25.8. The summed E-state index contributed by atoms with van der Waals surface area (Å²) in [5.74, 6) is 0.658. The van der Waals surface area contributed by atoms with E-state index in [9.17, 15) is 18.5 Å². The molecule has 0 unspecified atom stereocenters. The predicted molar refractivity (Wildman–Crippen MR) is 97.3 cm³/mol. The molecule has 2 aliphatic rings. The van der Waals surface area contributed by atoms with Crippen molar-refractivity contribution in [2.24, 2.45) is 0 Å². The fourth-order valence-corrected chi connectivity index (χ4v) is 5.34. The highest BCUT2D eigenvalue weighted by atomic mass is 35.5. The summed E-state index contributed by atoms with van der Waals surface area (Å²) >= 11 is 7.13. The molecule has 8 heteroatoms. The van der Waals surface area contributed by atoms with Crippen molar-refractivity contribution in [2.45, 2.75) is 11.3 Å². The van der Waals surface area contributed by atoms with E-state index in [1.165, 1.54) is 42.1 Å². The number of ketones is 1. The van der Waals surface area contributed by atoms with Crippen LogP contribution in [0.5, 0.6) is 0 Å². The number of hydrogen-bond donors (Lipinski definition) is 0. The molecule has 1 fully saturated rings. The molecule has 1 aromatic rings. The van der Waals surface area contributed by atoms with Crippen LogP contribution in [0.15, 0.2) is 63.0 Å². The van der Waals surface area contributed by atoms with Crippen LogP contribution in [-0.2, 0) is 14.6 Å². The van der Waals surface area contributed by atoms with Gasteiger partial charge in [0.1, 0.15) is 11.1 Å². The van der Waals surface area contributed by atoms with E-state index in [-0.39, 0.29) is 22.0 Å². The zero-order chi connectivity index (χ0) is 18.0. The van der Waals surface area contributed by atoms with Gasteiger partial charge >= 0.3 is 0 Å². The number of thioether (sulfide) groups is 1. The van der Waals surface area contributed by atoms with Gasteiger partial charge in [-0.15, -0.1) is 11.8 Å². The van der Waals surface area contributed by atoms with Crippen molar-refractivity contribution in [3.8, 4) is 6.07 Å². The monoisotopic (exact) mass is 392 g/mol. The quantitative estimate of drug-likeness (QED) is 0.734. The van der Waals surface area contributed by atoms with Crippen molar-refractivity contribution >= 4 is 39.0 Å². The first kappa shape index (κ1) is 17.8. The summed E-state index contributed by atoms with van der Waals surface area (Å²) in [6.45, 7) is 0.575. The second-order valence-corrected chi connectivity index (χ2v) is 8.74. The average molecular weight is 393 g/mol. The van der Waals surface area contributed by atoms with E-state index < -0.39 is 9.84 Å². The molecule has 3 rings (SSSR count). The second kappa shape index (κ2) is 7.08. The van der Waals surface area contributed by atoms with Crippen molar-refractivity contribution in [1.29, 1.82) is 5.26 Å². The third-order valence-corrected chi connectivity index (χ3v) is 6.93. The number of rotatable bonds is 3. The number of allylic oxidation sites excluding steroid dienone is 4. The third-order valence-electron chi connectivity index (χ3n) is 3.75. The van der Waals surface area contributed by atoms with E-state index in [1.807, 2.05) is 6.07 Å². The number of carbonyl (C=O) groups excluding carboxylic acids is 1. The van der Waals surface area contributed by atoms with Crippen LogP contribution < -0.4 is 0 Å². The Morgan fingerprint density at radius 3 is 2.56 bits per heavy atom. The molecule has 0 N–H and O–H groups in total. The Morgan fingerprint density at radius 2 is 1.96 bits per heavy atom. The Morgan fingerprint density at radius 1 is 1.24 bits per heavy atom. The molecule has 0 spiro atoms. The molecule has 0 saturated carbocycles. The molecule has 0 radical (unpaired) electrons. The van der Waals surface area contributed by atoms with E-state index in [2.05, 4.69) is 0 Å². The number of nitriles is 1. The minimum atomic E-state index is -3.95. The van der Waals surface area contributed by atoms with E-state index in [0.717, 1.165) is 5.70 Å². The van der Waals surface area contributed by atoms with Gasteiger partial charge in [0.05, 0.1) is 4.90 Å². The van der Waals surface area contributed by atoms with Crippen molar-refractivity contribution in [3.63, 3.8) is 0 Å². The number of benzene rings is 1. The molecule has 0 atom stereocenters. The lowest BCUT2D eigenvalue weighted by atomic mass is 10.1. The van der Waals surface area contributed by atoms with Crippen molar-refractivity contribution in [2.75, 3.05) is 12.3 Å². The molecule has 25 heavy (non-hydrogen) atoms. The van der Waals surface area contributed by atoms with E-state index in [1.54, 1.807) is 17.1 Å². The van der Waals surface area contributed by atoms with Gasteiger partial charge in [0.15, 0.2) is 10.7 Å². The Hall–Kier alpha value is -2.01. The van der Waals surface area contributed by atoms with Crippen LogP contribution in [0, 0.1) is 11.3 Å². The molecule has 128 valence electrons. The van der Waals surface area contributed by atoms with Crippen LogP contribution >= 0.6 is 23.4 Å². The molecule has 1 aromatic carbocycles. The lowest BCUT2D eigenvalue weighted by Crippen LogP contribution is -2.21. The maximum Gasteiger partial charge on any atom is 0.219 e. The van der Waals surface area contributed by atoms with Gasteiger partial charge in [0.25, 0.3) is 0 Å². The molecule has 1 heterocycles. The number of hydrogen-bond acceptors (Lipinski definition) is 6. The molecular formula is C17H13ClN2O3S2. The number of sulfone groups is 1. The largest absolute Gasteiger partial charge is 0.334 e. The van der Waals surface area contributed by atoms with Gasteiger partial charge < -0.3 is 4.90 Å². The number of halogens is 1. The van der Waals surface area contributed by atoms with Crippen molar-refractivity contribution in [1.82, 2.24) is 4.90 Å². The number of nitrogens with zero attached hydrogens (tertiary/aromatic N) is 2. The Kier molecular flexibility index (Phi) is 5.04. The first-order valence-corrected chi connectivity index (χ1v) is 10.2. The summed E-state index contributed by atoms with van der Waals surface area (Å²) in [5.41, 5.74) is 0.735. The summed E-state index contributed by atoms with van der Waals surface area (Å²) in [6.07, 6.45) is 5.14. The fourth-order valence-electron chi connectivity index (χ4n) is 2.52. The molecule has 1 aliphatic heterocycles. The maximum absolute atomic E-state index is 12.9. The molecule has 0 bridgehead atoms. The summed E-state index contributed by atoms with van der Waals surface area (Å²) in [5, 5.41) is 10.4. The fraction of sp³-hybridized carbons (Fsp3) is 0.176. The zero-order valence-corrected chi connectivity index (χ0v) is 15.4. The molecular weight excluding hydrogens is 380 g/mol. The molecule has 0 amide bonds. The normalized spacial score (nSPS) is 19.6. The lowest BCUT2D eigenvalue weighted by molar-refractivity contribution is -0.113. The van der Waals surface area contributed by atoms with Crippen LogP contribution in [0.1, 0.15) is 6.42 Å². The molecule has 5 nitrogen and oxygen atoms in total. The zero-order valence-electron chi connectivity index (χ0n) is 13.0. The van der Waals surface area contributed by atoms with Gasteiger partial charge in [-0.05, 0) is 36.4 Å². The first-order valence-electron chi connectivity index (χ1n) is 7.40. The van der Waals surface area contributed by atoms with Gasteiger partial charge in [0, 0.05) is 29.4 Å². The van der Waals surface area contributed by atoms with Crippen LogP contribution in [0.3, 0.4) is 0 Å². The van der Waals surface area contributed by atoms with Crippen LogP contribution in [0.4, 0.5) is 0 Å². The molecule has 1 saturated heterocycles. The smallest absolute Gasteiger partial charge is 0.219 e. The highest BCUT2D eigenvalue weighted by molar-refractivity contribution is 8.04.